The standard InChI is InChI=1S/C12H13NO2/c1-2-9-14-11-5-3-10(4-6-11)12-7-8-13-15-12/h3-8H,2,9H2,1H3. The highest BCUT2D eigenvalue weighted by Crippen LogP contribution is 2.21. The third kappa shape index (κ3) is 2.37. The van der Waals surface area contributed by atoms with E-state index >= 15 is 0 Å². The summed E-state index contributed by atoms with van der Waals surface area (Å²) in [6.45, 7) is 2.84. The molecule has 1 heterocycles. The van der Waals surface area contributed by atoms with Crippen molar-refractivity contribution in [2.75, 3.05) is 6.61 Å². The van der Waals surface area contributed by atoms with Crippen LogP contribution in [0.1, 0.15) is 13.3 Å². The molecule has 2 rings (SSSR count). The minimum absolute atomic E-state index is 0.752. The van der Waals surface area contributed by atoms with Gasteiger partial charge in [-0.05, 0) is 30.7 Å². The molecular formula is C12H13NO2. The van der Waals surface area contributed by atoms with Crippen molar-refractivity contribution in [3.05, 3.63) is 36.5 Å². The molecule has 0 radical (unpaired) electrons. The molecule has 1 aromatic carbocycles. The van der Waals surface area contributed by atoms with Crippen molar-refractivity contribution in [3.63, 3.8) is 0 Å². The molecule has 0 N–H and O–H groups in total. The van der Waals surface area contributed by atoms with Crippen molar-refractivity contribution in [2.24, 2.45) is 0 Å². The fourth-order valence-corrected chi connectivity index (χ4v) is 1.30. The summed E-state index contributed by atoms with van der Waals surface area (Å²) in [6, 6.07) is 9.64. The Hall–Kier alpha value is -1.77. The third-order valence-electron chi connectivity index (χ3n) is 2.05. The number of nitrogens with zero attached hydrogens (tertiary/aromatic N) is 1. The number of benzene rings is 1. The van der Waals surface area contributed by atoms with Crippen LogP contribution in [0.2, 0.25) is 0 Å². The quantitative estimate of drug-likeness (QED) is 0.765. The highest BCUT2D eigenvalue weighted by Gasteiger charge is 2.01. The Kier molecular flexibility index (Phi) is 3.02. The Balaban J connectivity index is 2.11. The number of aromatic nitrogens is 1. The Labute approximate surface area is 88.7 Å². The van der Waals surface area contributed by atoms with E-state index in [1.54, 1.807) is 6.20 Å². The molecule has 15 heavy (non-hydrogen) atoms. The van der Waals surface area contributed by atoms with Crippen LogP contribution < -0.4 is 4.74 Å². The molecule has 0 aliphatic rings. The first-order chi connectivity index (χ1) is 7.40. The predicted molar refractivity (Wildman–Crippen MR) is 57.7 cm³/mol. The van der Waals surface area contributed by atoms with Crippen molar-refractivity contribution in [3.8, 4) is 17.1 Å². The number of hydrogen-bond acceptors (Lipinski definition) is 3. The van der Waals surface area contributed by atoms with Gasteiger partial charge in [0.05, 0.1) is 12.8 Å². The van der Waals surface area contributed by atoms with Gasteiger partial charge in [-0.3, -0.25) is 0 Å². The van der Waals surface area contributed by atoms with E-state index < -0.39 is 0 Å². The molecule has 0 saturated carbocycles. The first kappa shape index (κ1) is 9.77. The van der Waals surface area contributed by atoms with E-state index in [1.165, 1.54) is 0 Å². The molecule has 0 atom stereocenters. The second-order valence-electron chi connectivity index (χ2n) is 3.25. The number of ether oxygens (including phenoxy) is 1. The largest absolute Gasteiger partial charge is 0.494 e. The third-order valence-corrected chi connectivity index (χ3v) is 2.05. The van der Waals surface area contributed by atoms with Gasteiger partial charge in [-0.15, -0.1) is 0 Å². The Morgan fingerprint density at radius 1 is 1.20 bits per heavy atom. The van der Waals surface area contributed by atoms with Crippen LogP contribution in [-0.4, -0.2) is 11.8 Å². The van der Waals surface area contributed by atoms with E-state index in [0.717, 1.165) is 30.1 Å². The molecule has 3 heteroatoms. The molecule has 1 aromatic heterocycles. The van der Waals surface area contributed by atoms with Crippen LogP contribution in [0.15, 0.2) is 41.1 Å². The molecule has 2 aromatic rings. The zero-order valence-electron chi connectivity index (χ0n) is 8.64. The number of hydrogen-bond donors (Lipinski definition) is 0. The van der Waals surface area contributed by atoms with Crippen molar-refractivity contribution >= 4 is 0 Å². The molecule has 3 nitrogen and oxygen atoms in total. The smallest absolute Gasteiger partial charge is 0.166 e. The second kappa shape index (κ2) is 4.64. The van der Waals surface area contributed by atoms with Gasteiger partial charge in [0.25, 0.3) is 0 Å². The van der Waals surface area contributed by atoms with Gasteiger partial charge in [-0.25, -0.2) is 0 Å². The van der Waals surface area contributed by atoms with Gasteiger partial charge in [0.15, 0.2) is 5.76 Å². The highest BCUT2D eigenvalue weighted by atomic mass is 16.5. The van der Waals surface area contributed by atoms with Crippen LogP contribution in [0, 0.1) is 0 Å². The molecule has 0 amide bonds. The van der Waals surface area contributed by atoms with E-state index in [1.807, 2.05) is 30.3 Å². The monoisotopic (exact) mass is 203 g/mol. The van der Waals surface area contributed by atoms with E-state index in [-0.39, 0.29) is 0 Å². The van der Waals surface area contributed by atoms with Gasteiger partial charge in [-0.1, -0.05) is 12.1 Å². The van der Waals surface area contributed by atoms with Gasteiger partial charge < -0.3 is 9.26 Å². The maximum absolute atomic E-state index is 5.48. The van der Waals surface area contributed by atoms with Gasteiger partial charge in [0.2, 0.25) is 0 Å². The summed E-state index contributed by atoms with van der Waals surface area (Å²) in [5.41, 5.74) is 1.01. The SMILES string of the molecule is CCCOc1ccc(-c2ccno2)cc1. The lowest BCUT2D eigenvalue weighted by Gasteiger charge is -2.04. The lowest BCUT2D eigenvalue weighted by atomic mass is 10.2. The first-order valence-corrected chi connectivity index (χ1v) is 5.04. The summed E-state index contributed by atoms with van der Waals surface area (Å²) in [7, 11) is 0. The van der Waals surface area contributed by atoms with E-state index in [2.05, 4.69) is 12.1 Å². The average molecular weight is 203 g/mol. The van der Waals surface area contributed by atoms with Crippen LogP contribution in [0.5, 0.6) is 5.75 Å². The Bertz CT molecular complexity index is 392. The molecule has 0 aliphatic heterocycles. The van der Waals surface area contributed by atoms with Crippen LogP contribution in [0.4, 0.5) is 0 Å². The lowest BCUT2D eigenvalue weighted by molar-refractivity contribution is 0.317. The predicted octanol–water partition coefficient (Wildman–Crippen LogP) is 3.13. The Morgan fingerprint density at radius 3 is 2.60 bits per heavy atom. The molecule has 0 spiro atoms. The average Bonchev–Trinajstić information content (AvgIpc) is 2.80. The molecule has 0 fully saturated rings. The zero-order chi connectivity index (χ0) is 10.5. The van der Waals surface area contributed by atoms with Gasteiger partial charge in [0, 0.05) is 11.6 Å². The van der Waals surface area contributed by atoms with E-state index in [0.29, 0.717) is 0 Å². The summed E-state index contributed by atoms with van der Waals surface area (Å²) < 4.78 is 10.5. The second-order valence-corrected chi connectivity index (χ2v) is 3.25. The van der Waals surface area contributed by atoms with Gasteiger partial charge in [-0.2, -0.15) is 0 Å². The molecule has 0 saturated heterocycles. The first-order valence-electron chi connectivity index (χ1n) is 5.04. The summed E-state index contributed by atoms with van der Waals surface area (Å²) in [5.74, 6) is 1.66. The Morgan fingerprint density at radius 2 is 2.00 bits per heavy atom. The highest BCUT2D eigenvalue weighted by molar-refractivity contribution is 5.57. The topological polar surface area (TPSA) is 35.3 Å². The minimum Gasteiger partial charge on any atom is -0.494 e. The van der Waals surface area contributed by atoms with E-state index in [9.17, 15) is 0 Å². The van der Waals surface area contributed by atoms with Crippen LogP contribution >= 0.6 is 0 Å². The lowest BCUT2D eigenvalue weighted by Crippen LogP contribution is -1.94. The van der Waals surface area contributed by atoms with Crippen molar-refractivity contribution in [2.45, 2.75) is 13.3 Å². The van der Waals surface area contributed by atoms with Crippen molar-refractivity contribution in [1.82, 2.24) is 5.16 Å². The zero-order valence-corrected chi connectivity index (χ0v) is 8.64. The molecule has 0 bridgehead atoms. The van der Waals surface area contributed by atoms with Gasteiger partial charge >= 0.3 is 0 Å². The molecule has 0 aliphatic carbocycles. The van der Waals surface area contributed by atoms with Crippen LogP contribution in [0.25, 0.3) is 11.3 Å². The molecule has 0 unspecified atom stereocenters. The minimum atomic E-state index is 0.752. The number of rotatable bonds is 4. The fraction of sp³-hybridized carbons (Fsp3) is 0.250. The summed E-state index contributed by atoms with van der Waals surface area (Å²) in [6.07, 6.45) is 2.65. The summed E-state index contributed by atoms with van der Waals surface area (Å²) in [4.78, 5) is 0. The van der Waals surface area contributed by atoms with Crippen molar-refractivity contribution < 1.29 is 9.26 Å². The van der Waals surface area contributed by atoms with Crippen molar-refractivity contribution in [1.29, 1.82) is 0 Å². The summed E-state index contributed by atoms with van der Waals surface area (Å²) in [5, 5.41) is 3.66. The normalized spacial score (nSPS) is 10.2. The maximum atomic E-state index is 5.48. The van der Waals surface area contributed by atoms with Crippen LogP contribution in [-0.2, 0) is 0 Å². The summed E-state index contributed by atoms with van der Waals surface area (Å²) >= 11 is 0. The van der Waals surface area contributed by atoms with Gasteiger partial charge in [0.1, 0.15) is 5.75 Å². The maximum Gasteiger partial charge on any atom is 0.166 e. The fourth-order valence-electron chi connectivity index (χ4n) is 1.30. The molecule has 78 valence electrons. The molecular weight excluding hydrogens is 190 g/mol. The van der Waals surface area contributed by atoms with Crippen LogP contribution in [0.3, 0.4) is 0 Å². The van der Waals surface area contributed by atoms with E-state index in [4.69, 9.17) is 9.26 Å².